The number of carboxylic acid groups (broad SMARTS) is 1. The number of rotatable bonds is 6. The smallest absolute Gasteiger partial charge is 0.323 e. The van der Waals surface area contributed by atoms with Crippen molar-refractivity contribution < 1.29 is 19.2 Å². The second kappa shape index (κ2) is 6.56. The van der Waals surface area contributed by atoms with Crippen molar-refractivity contribution in [2.75, 3.05) is 23.3 Å². The number of hydrogen-bond acceptors (Lipinski definition) is 5. The zero-order valence-corrected chi connectivity index (χ0v) is 11.4. The lowest BCUT2D eigenvalue weighted by Crippen LogP contribution is -2.37. The van der Waals surface area contributed by atoms with Gasteiger partial charge in [0.2, 0.25) is 5.91 Å². The lowest BCUT2D eigenvalue weighted by Gasteiger charge is -2.21. The summed E-state index contributed by atoms with van der Waals surface area (Å²) in [6.07, 6.45) is 0. The van der Waals surface area contributed by atoms with Gasteiger partial charge in [0, 0.05) is 11.8 Å². The van der Waals surface area contributed by atoms with Crippen molar-refractivity contribution in [1.82, 2.24) is 5.16 Å². The number of aliphatic carboxylic acids is 1. The number of benzene rings is 1. The predicted molar refractivity (Wildman–Crippen MR) is 76.2 cm³/mol. The Morgan fingerprint density at radius 2 is 2.00 bits per heavy atom. The average Bonchev–Trinajstić information content (AvgIpc) is 2.83. The molecule has 0 saturated heterocycles. The van der Waals surface area contributed by atoms with Crippen molar-refractivity contribution >= 4 is 23.4 Å². The molecule has 110 valence electrons. The van der Waals surface area contributed by atoms with Crippen LogP contribution in [-0.4, -0.2) is 35.2 Å². The van der Waals surface area contributed by atoms with E-state index in [4.69, 9.17) is 9.63 Å². The number of aryl methyl sites for hydroxylation is 1. The molecule has 0 spiro atoms. The predicted octanol–water partition coefficient (Wildman–Crippen LogP) is 1.51. The van der Waals surface area contributed by atoms with Gasteiger partial charge in [0.1, 0.15) is 12.3 Å². The summed E-state index contributed by atoms with van der Waals surface area (Å²) >= 11 is 0. The van der Waals surface area contributed by atoms with E-state index in [2.05, 4.69) is 10.5 Å². The Bertz CT molecular complexity index is 624. The minimum Gasteiger partial charge on any atom is -0.480 e. The van der Waals surface area contributed by atoms with Gasteiger partial charge in [-0.2, -0.15) is 0 Å². The summed E-state index contributed by atoms with van der Waals surface area (Å²) in [5, 5.41) is 15.2. The summed E-state index contributed by atoms with van der Waals surface area (Å²) in [5.74, 6) is -0.492. The van der Waals surface area contributed by atoms with Gasteiger partial charge in [0.05, 0.1) is 6.54 Å². The van der Waals surface area contributed by atoms with Gasteiger partial charge in [-0.15, -0.1) is 0 Å². The Labute approximate surface area is 121 Å². The van der Waals surface area contributed by atoms with Gasteiger partial charge in [-0.05, 0) is 19.1 Å². The molecule has 2 aromatic rings. The van der Waals surface area contributed by atoms with E-state index in [1.165, 1.54) is 4.90 Å². The second-order valence-electron chi connectivity index (χ2n) is 4.46. The third-order valence-electron chi connectivity index (χ3n) is 2.68. The summed E-state index contributed by atoms with van der Waals surface area (Å²) in [4.78, 5) is 24.3. The van der Waals surface area contributed by atoms with Gasteiger partial charge in [0.25, 0.3) is 0 Å². The van der Waals surface area contributed by atoms with E-state index in [1.54, 1.807) is 37.3 Å². The highest BCUT2D eigenvalue weighted by Crippen LogP contribution is 2.13. The SMILES string of the molecule is Cc1cc(NC(=O)CN(CC(=O)O)c2ccccc2)no1. The van der Waals surface area contributed by atoms with Crippen molar-refractivity contribution in [3.05, 3.63) is 42.2 Å². The zero-order valence-electron chi connectivity index (χ0n) is 11.4. The number of carboxylic acids is 1. The van der Waals surface area contributed by atoms with E-state index in [1.807, 2.05) is 6.07 Å². The number of amides is 1. The standard InChI is InChI=1S/C14H15N3O4/c1-10-7-12(16-21-10)15-13(18)8-17(9-14(19)20)11-5-3-2-4-6-11/h2-7H,8-9H2,1H3,(H,19,20)(H,15,16,18). The molecule has 0 radical (unpaired) electrons. The van der Waals surface area contributed by atoms with Crippen LogP contribution in [0.4, 0.5) is 11.5 Å². The van der Waals surface area contributed by atoms with Crippen molar-refractivity contribution in [3.63, 3.8) is 0 Å². The van der Waals surface area contributed by atoms with Crippen LogP contribution in [-0.2, 0) is 9.59 Å². The molecule has 2 N–H and O–H groups in total. The molecule has 0 atom stereocenters. The lowest BCUT2D eigenvalue weighted by atomic mass is 10.3. The third kappa shape index (κ3) is 4.34. The molecule has 0 bridgehead atoms. The maximum atomic E-state index is 12.0. The second-order valence-corrected chi connectivity index (χ2v) is 4.46. The van der Waals surface area contributed by atoms with Crippen LogP contribution in [0.2, 0.25) is 0 Å². The summed E-state index contributed by atoms with van der Waals surface area (Å²) < 4.78 is 4.85. The van der Waals surface area contributed by atoms with Crippen LogP contribution in [0.3, 0.4) is 0 Å². The zero-order chi connectivity index (χ0) is 15.2. The molecule has 7 heteroatoms. The Morgan fingerprint density at radius 3 is 2.57 bits per heavy atom. The van der Waals surface area contributed by atoms with E-state index in [0.717, 1.165) is 0 Å². The van der Waals surface area contributed by atoms with Crippen LogP contribution in [0, 0.1) is 6.92 Å². The molecule has 1 heterocycles. The number of anilines is 2. The lowest BCUT2D eigenvalue weighted by molar-refractivity contribution is -0.135. The van der Waals surface area contributed by atoms with Crippen LogP contribution < -0.4 is 10.2 Å². The quantitative estimate of drug-likeness (QED) is 0.837. The molecule has 0 saturated carbocycles. The molecule has 0 aliphatic rings. The number of nitrogens with one attached hydrogen (secondary N) is 1. The molecule has 0 aliphatic carbocycles. The van der Waals surface area contributed by atoms with Crippen LogP contribution in [0.15, 0.2) is 40.9 Å². The molecule has 0 unspecified atom stereocenters. The Balaban J connectivity index is 2.04. The van der Waals surface area contributed by atoms with Crippen molar-refractivity contribution in [1.29, 1.82) is 0 Å². The number of para-hydroxylation sites is 1. The molecule has 2 rings (SSSR count). The molecular weight excluding hydrogens is 274 g/mol. The van der Waals surface area contributed by atoms with Crippen LogP contribution in [0.1, 0.15) is 5.76 Å². The molecule has 0 aliphatic heterocycles. The molecule has 1 aromatic carbocycles. The highest BCUT2D eigenvalue weighted by Gasteiger charge is 2.15. The molecule has 1 aromatic heterocycles. The van der Waals surface area contributed by atoms with Crippen molar-refractivity contribution in [2.45, 2.75) is 6.92 Å². The minimum absolute atomic E-state index is 0.0950. The van der Waals surface area contributed by atoms with E-state index >= 15 is 0 Å². The van der Waals surface area contributed by atoms with Gasteiger partial charge in [-0.3, -0.25) is 9.59 Å². The average molecular weight is 289 g/mol. The monoisotopic (exact) mass is 289 g/mol. The Hall–Kier alpha value is -2.83. The molecule has 0 fully saturated rings. The molecule has 1 amide bonds. The van der Waals surface area contributed by atoms with E-state index in [0.29, 0.717) is 17.3 Å². The number of nitrogens with zero attached hydrogens (tertiary/aromatic N) is 2. The summed E-state index contributed by atoms with van der Waals surface area (Å²) in [6, 6.07) is 10.5. The number of hydrogen-bond donors (Lipinski definition) is 2. The highest BCUT2D eigenvalue weighted by molar-refractivity contribution is 5.94. The van der Waals surface area contributed by atoms with Crippen LogP contribution >= 0.6 is 0 Å². The summed E-state index contributed by atoms with van der Waals surface area (Å²) in [7, 11) is 0. The van der Waals surface area contributed by atoms with Gasteiger partial charge >= 0.3 is 5.97 Å². The first-order valence-corrected chi connectivity index (χ1v) is 6.29. The Morgan fingerprint density at radius 1 is 1.29 bits per heavy atom. The fourth-order valence-corrected chi connectivity index (χ4v) is 1.82. The number of aromatic nitrogens is 1. The van der Waals surface area contributed by atoms with Gasteiger partial charge in [-0.1, -0.05) is 23.4 Å². The third-order valence-corrected chi connectivity index (χ3v) is 2.68. The maximum absolute atomic E-state index is 12.0. The fourth-order valence-electron chi connectivity index (χ4n) is 1.82. The van der Waals surface area contributed by atoms with Crippen LogP contribution in [0.25, 0.3) is 0 Å². The molecular formula is C14H15N3O4. The van der Waals surface area contributed by atoms with Gasteiger partial charge < -0.3 is 19.8 Å². The maximum Gasteiger partial charge on any atom is 0.323 e. The first-order chi connectivity index (χ1) is 10.0. The number of carbonyl (C=O) groups excluding carboxylic acids is 1. The number of carbonyl (C=O) groups is 2. The normalized spacial score (nSPS) is 10.1. The largest absolute Gasteiger partial charge is 0.480 e. The minimum atomic E-state index is -1.01. The van der Waals surface area contributed by atoms with Crippen molar-refractivity contribution in [2.24, 2.45) is 0 Å². The first kappa shape index (κ1) is 14.6. The van der Waals surface area contributed by atoms with Gasteiger partial charge in [0.15, 0.2) is 5.82 Å². The topological polar surface area (TPSA) is 95.7 Å². The van der Waals surface area contributed by atoms with Gasteiger partial charge in [-0.25, -0.2) is 0 Å². The van der Waals surface area contributed by atoms with Crippen LogP contribution in [0.5, 0.6) is 0 Å². The first-order valence-electron chi connectivity index (χ1n) is 6.29. The summed E-state index contributed by atoms with van der Waals surface area (Å²) in [5.41, 5.74) is 0.659. The fraction of sp³-hybridized carbons (Fsp3) is 0.214. The highest BCUT2D eigenvalue weighted by atomic mass is 16.5. The molecule has 7 nitrogen and oxygen atoms in total. The molecule has 21 heavy (non-hydrogen) atoms. The summed E-state index contributed by atoms with van der Waals surface area (Å²) in [6.45, 7) is 1.35. The van der Waals surface area contributed by atoms with Crippen molar-refractivity contribution in [3.8, 4) is 0 Å². The van der Waals surface area contributed by atoms with E-state index in [-0.39, 0.29) is 19.0 Å². The van der Waals surface area contributed by atoms with E-state index in [9.17, 15) is 9.59 Å². The Kier molecular flexibility index (Phi) is 4.55. The van der Waals surface area contributed by atoms with E-state index < -0.39 is 5.97 Å².